The number of carboxylic acids is 1. The fraction of sp³-hybridized carbons (Fsp3) is 0.467. The van der Waals surface area contributed by atoms with Crippen molar-refractivity contribution in [3.8, 4) is 0 Å². The van der Waals surface area contributed by atoms with E-state index in [4.69, 9.17) is 10.2 Å². The van der Waals surface area contributed by atoms with Crippen molar-refractivity contribution in [2.24, 2.45) is 0 Å². The number of aryl methyl sites for hydroxylation is 1. The van der Waals surface area contributed by atoms with Gasteiger partial charge < -0.3 is 25.1 Å². The van der Waals surface area contributed by atoms with Crippen LogP contribution in [0.1, 0.15) is 12.0 Å². The summed E-state index contributed by atoms with van der Waals surface area (Å²) < 4.78 is 0. The number of aliphatic hydroxyl groups is 2. The van der Waals surface area contributed by atoms with Gasteiger partial charge in [0.25, 0.3) is 0 Å². The lowest BCUT2D eigenvalue weighted by Gasteiger charge is -2.31. The Balaban J connectivity index is 2.26. The van der Waals surface area contributed by atoms with Crippen molar-refractivity contribution >= 4 is 23.3 Å². The van der Waals surface area contributed by atoms with Crippen LogP contribution in [0.3, 0.4) is 0 Å². The van der Waals surface area contributed by atoms with E-state index in [1.807, 2.05) is 6.07 Å². The highest BCUT2D eigenvalue weighted by Gasteiger charge is 2.26. The molecule has 3 N–H and O–H groups in total. The first-order valence-electron chi connectivity index (χ1n) is 7.07. The molecule has 0 saturated carbocycles. The van der Waals surface area contributed by atoms with Crippen LogP contribution in [0, 0.1) is 0 Å². The zero-order valence-corrected chi connectivity index (χ0v) is 12.4. The average Bonchev–Trinajstić information content (AvgIpc) is 2.48. The summed E-state index contributed by atoms with van der Waals surface area (Å²) in [5, 5.41) is 27.4. The highest BCUT2D eigenvalue weighted by Crippen LogP contribution is 2.31. The maximum absolute atomic E-state index is 12.0. The number of fused-ring (bicyclic) bond motifs is 1. The van der Waals surface area contributed by atoms with Gasteiger partial charge in [-0.3, -0.25) is 9.59 Å². The molecule has 7 heteroatoms. The van der Waals surface area contributed by atoms with Gasteiger partial charge in [-0.25, -0.2) is 0 Å². The van der Waals surface area contributed by atoms with Gasteiger partial charge in [-0.1, -0.05) is 0 Å². The summed E-state index contributed by atoms with van der Waals surface area (Å²) in [5.41, 5.74) is 2.40. The molecule has 1 aromatic rings. The number of nitrogens with zero attached hydrogens (tertiary/aromatic N) is 2. The van der Waals surface area contributed by atoms with Gasteiger partial charge in [-0.15, -0.1) is 0 Å². The van der Waals surface area contributed by atoms with Crippen LogP contribution < -0.4 is 9.80 Å². The number of anilines is 2. The normalized spacial score (nSPS) is 15.4. The molecule has 0 aromatic heterocycles. The molecule has 1 aliphatic heterocycles. The van der Waals surface area contributed by atoms with Gasteiger partial charge in [0.15, 0.2) is 0 Å². The number of likely N-dealkylation sites (N-methyl/N-ethyl adjacent to an activating group) is 1. The molecular formula is C15H20N2O5. The maximum atomic E-state index is 12.0. The van der Waals surface area contributed by atoms with E-state index in [9.17, 15) is 14.7 Å². The number of amides is 1. The minimum atomic E-state index is -0.982. The zero-order valence-electron chi connectivity index (χ0n) is 12.4. The molecule has 1 heterocycles. The third-order valence-corrected chi connectivity index (χ3v) is 3.68. The van der Waals surface area contributed by atoms with Crippen LogP contribution in [-0.2, 0) is 16.0 Å². The number of hydrogen-bond donors (Lipinski definition) is 3. The summed E-state index contributed by atoms with van der Waals surface area (Å²) in [6.45, 7) is -0.462. The van der Waals surface area contributed by atoms with Crippen LogP contribution in [-0.4, -0.2) is 60.0 Å². The molecule has 2 rings (SSSR count). The fourth-order valence-corrected chi connectivity index (χ4v) is 2.55. The molecule has 0 saturated heterocycles. The fourth-order valence-electron chi connectivity index (χ4n) is 2.55. The lowest BCUT2D eigenvalue weighted by molar-refractivity contribution is -0.135. The van der Waals surface area contributed by atoms with Gasteiger partial charge >= 0.3 is 5.97 Å². The van der Waals surface area contributed by atoms with Crippen molar-refractivity contribution in [3.05, 3.63) is 23.8 Å². The summed E-state index contributed by atoms with van der Waals surface area (Å²) >= 11 is 0. The summed E-state index contributed by atoms with van der Waals surface area (Å²) in [7, 11) is 1.69. The Labute approximate surface area is 128 Å². The number of β-amino-alcohol motifs (C(OH)–C–C–N with tert-alkyl or cyclic N) is 1. The van der Waals surface area contributed by atoms with E-state index in [1.165, 1.54) is 4.90 Å². The van der Waals surface area contributed by atoms with E-state index in [0.29, 0.717) is 18.5 Å². The van der Waals surface area contributed by atoms with Crippen molar-refractivity contribution < 1.29 is 24.9 Å². The Morgan fingerprint density at radius 3 is 2.77 bits per heavy atom. The minimum absolute atomic E-state index is 0.0483. The number of hydrogen-bond acceptors (Lipinski definition) is 5. The molecule has 1 aromatic carbocycles. The highest BCUT2D eigenvalue weighted by molar-refractivity contribution is 5.96. The van der Waals surface area contributed by atoms with Crippen LogP contribution in [0.2, 0.25) is 0 Å². The van der Waals surface area contributed by atoms with Gasteiger partial charge in [0.2, 0.25) is 5.91 Å². The largest absolute Gasteiger partial charge is 0.480 e. The van der Waals surface area contributed by atoms with Crippen molar-refractivity contribution in [2.45, 2.75) is 18.9 Å². The van der Waals surface area contributed by atoms with E-state index < -0.39 is 18.7 Å². The Bertz CT molecular complexity index is 575. The number of benzene rings is 1. The van der Waals surface area contributed by atoms with E-state index in [-0.39, 0.29) is 19.0 Å². The van der Waals surface area contributed by atoms with Gasteiger partial charge in [-0.05, 0) is 30.2 Å². The SMILES string of the molecule is CN(CC(=O)O)c1ccc2c(c1)CCC(=O)N2CC(O)CO. The second kappa shape index (κ2) is 6.76. The van der Waals surface area contributed by atoms with Crippen LogP contribution in [0.15, 0.2) is 18.2 Å². The lowest BCUT2D eigenvalue weighted by Crippen LogP contribution is -2.41. The van der Waals surface area contributed by atoms with Crippen LogP contribution >= 0.6 is 0 Å². The number of carbonyl (C=O) groups excluding carboxylic acids is 1. The number of aliphatic hydroxyl groups excluding tert-OH is 2. The van der Waals surface area contributed by atoms with Crippen LogP contribution in [0.4, 0.5) is 11.4 Å². The molecule has 7 nitrogen and oxygen atoms in total. The van der Waals surface area contributed by atoms with E-state index in [0.717, 1.165) is 11.3 Å². The third-order valence-electron chi connectivity index (χ3n) is 3.68. The molecule has 22 heavy (non-hydrogen) atoms. The number of carbonyl (C=O) groups is 2. The number of carboxylic acid groups (broad SMARTS) is 1. The highest BCUT2D eigenvalue weighted by atomic mass is 16.4. The molecule has 1 atom stereocenters. The van der Waals surface area contributed by atoms with Gasteiger partial charge in [0.05, 0.1) is 19.3 Å². The van der Waals surface area contributed by atoms with Crippen LogP contribution in [0.5, 0.6) is 0 Å². The van der Waals surface area contributed by atoms with Crippen molar-refractivity contribution in [1.29, 1.82) is 0 Å². The minimum Gasteiger partial charge on any atom is -0.480 e. The summed E-state index contributed by atoms with van der Waals surface area (Å²) in [5.74, 6) is -1.00. The van der Waals surface area contributed by atoms with Crippen molar-refractivity contribution in [3.63, 3.8) is 0 Å². The monoisotopic (exact) mass is 308 g/mol. The first-order valence-corrected chi connectivity index (χ1v) is 7.07. The third kappa shape index (κ3) is 3.55. The Morgan fingerprint density at radius 1 is 1.41 bits per heavy atom. The quantitative estimate of drug-likeness (QED) is 0.675. The lowest BCUT2D eigenvalue weighted by atomic mass is 9.99. The molecule has 1 aliphatic rings. The summed E-state index contributed by atoms with van der Waals surface area (Å²) in [4.78, 5) is 25.9. The molecule has 0 fully saturated rings. The van der Waals surface area contributed by atoms with Gasteiger partial charge in [0, 0.05) is 24.8 Å². The van der Waals surface area contributed by atoms with Crippen molar-refractivity contribution in [2.75, 3.05) is 36.5 Å². The predicted molar refractivity (Wildman–Crippen MR) is 81.1 cm³/mol. The Kier molecular flexibility index (Phi) is 4.99. The smallest absolute Gasteiger partial charge is 0.323 e. The average molecular weight is 308 g/mol. The molecule has 0 radical (unpaired) electrons. The molecule has 1 unspecified atom stereocenters. The van der Waals surface area contributed by atoms with Gasteiger partial charge in [-0.2, -0.15) is 0 Å². The Hall–Kier alpha value is -2.12. The van der Waals surface area contributed by atoms with E-state index in [1.54, 1.807) is 24.1 Å². The van der Waals surface area contributed by atoms with E-state index >= 15 is 0 Å². The van der Waals surface area contributed by atoms with Crippen LogP contribution in [0.25, 0.3) is 0 Å². The van der Waals surface area contributed by atoms with Crippen molar-refractivity contribution in [1.82, 2.24) is 0 Å². The molecular weight excluding hydrogens is 288 g/mol. The number of rotatable bonds is 6. The first kappa shape index (κ1) is 16.3. The molecule has 1 amide bonds. The molecule has 0 bridgehead atoms. The second-order valence-corrected chi connectivity index (χ2v) is 5.40. The molecule has 120 valence electrons. The topological polar surface area (TPSA) is 101 Å². The molecule has 0 spiro atoms. The summed E-state index contributed by atoms with van der Waals surface area (Å²) in [6.07, 6.45) is -0.0736. The van der Waals surface area contributed by atoms with E-state index in [2.05, 4.69) is 0 Å². The Morgan fingerprint density at radius 2 is 2.14 bits per heavy atom. The standard InChI is InChI=1S/C15H20N2O5/c1-16(8-15(21)22)11-3-4-13-10(6-11)2-5-14(20)17(13)7-12(19)9-18/h3-4,6,12,18-19H,2,5,7-9H2,1H3,(H,21,22). The number of aliphatic carboxylic acids is 1. The summed E-state index contributed by atoms with van der Waals surface area (Å²) in [6, 6.07) is 5.37. The maximum Gasteiger partial charge on any atom is 0.323 e. The molecule has 0 aliphatic carbocycles. The second-order valence-electron chi connectivity index (χ2n) is 5.40. The predicted octanol–water partition coefficient (Wildman–Crippen LogP) is -0.160. The van der Waals surface area contributed by atoms with Gasteiger partial charge in [0.1, 0.15) is 6.54 Å². The zero-order chi connectivity index (χ0) is 16.3. The first-order chi connectivity index (χ1) is 10.4.